The number of benzene rings is 1. The smallest absolute Gasteiger partial charge is 0.123 e. The van der Waals surface area contributed by atoms with Crippen LogP contribution in [-0.4, -0.2) is 20.0 Å². The first-order valence-electron chi connectivity index (χ1n) is 5.87. The van der Waals surface area contributed by atoms with Crippen LogP contribution in [0.3, 0.4) is 0 Å². The van der Waals surface area contributed by atoms with Crippen molar-refractivity contribution in [3.63, 3.8) is 0 Å². The molecule has 0 saturated carbocycles. The molecule has 0 unspecified atom stereocenters. The van der Waals surface area contributed by atoms with Gasteiger partial charge in [-0.2, -0.15) is 0 Å². The highest BCUT2D eigenvalue weighted by Gasteiger charge is 2.04. The molecule has 0 radical (unpaired) electrons. The molecular weight excluding hydrogens is 243 g/mol. The fourth-order valence-electron chi connectivity index (χ4n) is 1.79. The predicted molar refractivity (Wildman–Crippen MR) is 68.8 cm³/mol. The second-order valence-corrected chi connectivity index (χ2v) is 4.13. The standard InChI is InChI=1S/C14H11FN4/c15-12-6-4-11(5-7-12)14-10-19(18-17-14)9-13-3-1-2-8-16-13/h1-8,10H,9H2. The van der Waals surface area contributed by atoms with E-state index in [1.165, 1.54) is 12.1 Å². The van der Waals surface area contributed by atoms with Gasteiger partial charge in [-0.25, -0.2) is 9.07 Å². The minimum atomic E-state index is -0.260. The maximum atomic E-state index is 12.8. The molecule has 3 rings (SSSR count). The molecular formula is C14H11FN4. The molecule has 0 atom stereocenters. The summed E-state index contributed by atoms with van der Waals surface area (Å²) < 4.78 is 14.6. The molecule has 2 aromatic heterocycles. The molecule has 19 heavy (non-hydrogen) atoms. The first-order valence-corrected chi connectivity index (χ1v) is 5.87. The van der Waals surface area contributed by atoms with Crippen molar-refractivity contribution in [1.29, 1.82) is 0 Å². The molecule has 5 heteroatoms. The van der Waals surface area contributed by atoms with Gasteiger partial charge < -0.3 is 0 Å². The van der Waals surface area contributed by atoms with E-state index in [1.807, 2.05) is 24.4 Å². The van der Waals surface area contributed by atoms with Crippen molar-refractivity contribution in [1.82, 2.24) is 20.0 Å². The van der Waals surface area contributed by atoms with Crippen LogP contribution in [0.2, 0.25) is 0 Å². The lowest BCUT2D eigenvalue weighted by atomic mass is 10.2. The molecule has 0 fully saturated rings. The average Bonchev–Trinajstić information content (AvgIpc) is 2.89. The van der Waals surface area contributed by atoms with E-state index in [2.05, 4.69) is 15.3 Å². The van der Waals surface area contributed by atoms with Gasteiger partial charge in [-0.1, -0.05) is 11.3 Å². The van der Waals surface area contributed by atoms with Gasteiger partial charge in [-0.05, 0) is 36.4 Å². The van der Waals surface area contributed by atoms with E-state index in [9.17, 15) is 4.39 Å². The molecule has 3 aromatic rings. The summed E-state index contributed by atoms with van der Waals surface area (Å²) in [5.74, 6) is -0.260. The van der Waals surface area contributed by atoms with Gasteiger partial charge in [0.2, 0.25) is 0 Å². The van der Waals surface area contributed by atoms with Crippen molar-refractivity contribution in [2.75, 3.05) is 0 Å². The van der Waals surface area contributed by atoms with Crippen molar-refractivity contribution < 1.29 is 4.39 Å². The van der Waals surface area contributed by atoms with E-state index in [4.69, 9.17) is 0 Å². The lowest BCUT2D eigenvalue weighted by Crippen LogP contribution is -2.01. The molecule has 0 aliphatic rings. The van der Waals surface area contributed by atoms with Crippen LogP contribution in [0.4, 0.5) is 4.39 Å². The van der Waals surface area contributed by atoms with Crippen molar-refractivity contribution >= 4 is 0 Å². The van der Waals surface area contributed by atoms with E-state index < -0.39 is 0 Å². The minimum Gasteiger partial charge on any atom is -0.259 e. The lowest BCUT2D eigenvalue weighted by Gasteiger charge is -1.98. The third kappa shape index (κ3) is 2.65. The monoisotopic (exact) mass is 254 g/mol. The van der Waals surface area contributed by atoms with Crippen molar-refractivity contribution in [2.45, 2.75) is 6.54 Å². The molecule has 1 aromatic carbocycles. The maximum Gasteiger partial charge on any atom is 0.123 e. The fraction of sp³-hybridized carbons (Fsp3) is 0.0714. The Bertz CT molecular complexity index is 661. The van der Waals surface area contributed by atoms with Gasteiger partial charge in [0, 0.05) is 11.8 Å². The summed E-state index contributed by atoms with van der Waals surface area (Å²) in [6, 6.07) is 11.9. The van der Waals surface area contributed by atoms with Gasteiger partial charge in [-0.3, -0.25) is 4.98 Å². The van der Waals surface area contributed by atoms with E-state index in [0.29, 0.717) is 6.54 Å². The summed E-state index contributed by atoms with van der Waals surface area (Å²) in [6.07, 6.45) is 3.56. The fourth-order valence-corrected chi connectivity index (χ4v) is 1.79. The summed E-state index contributed by atoms with van der Waals surface area (Å²) in [6.45, 7) is 0.565. The van der Waals surface area contributed by atoms with Crippen LogP contribution in [0.5, 0.6) is 0 Å². The molecule has 94 valence electrons. The van der Waals surface area contributed by atoms with Crippen LogP contribution < -0.4 is 0 Å². The number of hydrogen-bond acceptors (Lipinski definition) is 3. The second kappa shape index (κ2) is 4.97. The van der Waals surface area contributed by atoms with Crippen LogP contribution in [0.1, 0.15) is 5.69 Å². The van der Waals surface area contributed by atoms with E-state index in [1.54, 1.807) is 23.0 Å². The van der Waals surface area contributed by atoms with Gasteiger partial charge in [0.25, 0.3) is 0 Å². The largest absolute Gasteiger partial charge is 0.259 e. The molecule has 4 nitrogen and oxygen atoms in total. The second-order valence-electron chi connectivity index (χ2n) is 4.13. The number of rotatable bonds is 3. The van der Waals surface area contributed by atoms with Crippen molar-refractivity contribution in [3.8, 4) is 11.3 Å². The van der Waals surface area contributed by atoms with Crippen LogP contribution in [0.15, 0.2) is 54.9 Å². The van der Waals surface area contributed by atoms with Crippen molar-refractivity contribution in [3.05, 3.63) is 66.4 Å². The van der Waals surface area contributed by atoms with Crippen LogP contribution in [0.25, 0.3) is 11.3 Å². The molecule has 0 bridgehead atoms. The number of hydrogen-bond donors (Lipinski definition) is 0. The molecule has 2 heterocycles. The molecule has 0 amide bonds. The Labute approximate surface area is 109 Å². The van der Waals surface area contributed by atoms with Gasteiger partial charge >= 0.3 is 0 Å². The molecule has 0 N–H and O–H groups in total. The van der Waals surface area contributed by atoms with E-state index in [-0.39, 0.29) is 5.82 Å². The van der Waals surface area contributed by atoms with Crippen LogP contribution >= 0.6 is 0 Å². The zero-order valence-corrected chi connectivity index (χ0v) is 10.1. The first kappa shape index (κ1) is 11.5. The SMILES string of the molecule is Fc1ccc(-c2cn(Cc3ccccn3)nn2)cc1. The molecule has 0 saturated heterocycles. The third-order valence-corrected chi connectivity index (χ3v) is 2.73. The van der Waals surface area contributed by atoms with Crippen LogP contribution in [0, 0.1) is 5.82 Å². The van der Waals surface area contributed by atoms with Gasteiger partial charge in [-0.15, -0.1) is 5.10 Å². The Morgan fingerprint density at radius 1 is 1.05 bits per heavy atom. The zero-order valence-electron chi connectivity index (χ0n) is 10.1. The lowest BCUT2D eigenvalue weighted by molar-refractivity contribution is 0.628. The molecule has 0 spiro atoms. The summed E-state index contributed by atoms with van der Waals surface area (Å²) in [4.78, 5) is 4.23. The van der Waals surface area contributed by atoms with Gasteiger partial charge in [0.1, 0.15) is 11.5 Å². The summed E-state index contributed by atoms with van der Waals surface area (Å²) >= 11 is 0. The first-order chi connectivity index (χ1) is 9.31. The normalized spacial score (nSPS) is 10.6. The van der Waals surface area contributed by atoms with Gasteiger partial charge in [0.05, 0.1) is 18.4 Å². The highest BCUT2D eigenvalue weighted by atomic mass is 19.1. The Morgan fingerprint density at radius 3 is 2.63 bits per heavy atom. The maximum absolute atomic E-state index is 12.8. The Hall–Kier alpha value is -2.56. The number of aromatic nitrogens is 4. The Kier molecular flexibility index (Phi) is 3.02. The topological polar surface area (TPSA) is 43.6 Å². The predicted octanol–water partition coefficient (Wildman–Crippen LogP) is 2.53. The van der Waals surface area contributed by atoms with Crippen LogP contribution in [-0.2, 0) is 6.54 Å². The van der Waals surface area contributed by atoms with E-state index in [0.717, 1.165) is 17.0 Å². The Morgan fingerprint density at radius 2 is 1.89 bits per heavy atom. The van der Waals surface area contributed by atoms with Crippen molar-refractivity contribution in [2.24, 2.45) is 0 Å². The molecule has 0 aliphatic carbocycles. The van der Waals surface area contributed by atoms with E-state index >= 15 is 0 Å². The highest BCUT2D eigenvalue weighted by Crippen LogP contribution is 2.16. The summed E-state index contributed by atoms with van der Waals surface area (Å²) in [5.41, 5.74) is 2.47. The molecule has 0 aliphatic heterocycles. The quantitative estimate of drug-likeness (QED) is 0.721. The average molecular weight is 254 g/mol. The van der Waals surface area contributed by atoms with Gasteiger partial charge in [0.15, 0.2) is 0 Å². The highest BCUT2D eigenvalue weighted by molar-refractivity contribution is 5.57. The summed E-state index contributed by atoms with van der Waals surface area (Å²) in [5, 5.41) is 8.12. The summed E-state index contributed by atoms with van der Waals surface area (Å²) in [7, 11) is 0. The zero-order chi connectivity index (χ0) is 13.1. The third-order valence-electron chi connectivity index (χ3n) is 2.73. The Balaban J connectivity index is 1.82. The minimum absolute atomic E-state index is 0.260. The number of halogens is 1. The number of nitrogens with zero attached hydrogens (tertiary/aromatic N) is 4. The number of pyridine rings is 1.